The molecule has 6 nitrogen and oxygen atoms in total. The standard InChI is InChI=1S/C23H24N2O4S2/c1-4-29-25-14(2)23(28)22-19(26)12-15(13-20(22)27)18-6-5-7-21(24-18)31-17-10-8-16(30-3)9-11-17/h5-11,15,28H,4,12-13H2,1-3H3. The van der Waals surface area contributed by atoms with Crippen LogP contribution in [0.4, 0.5) is 0 Å². The molecule has 0 radical (unpaired) electrons. The molecular formula is C23H24N2O4S2. The Hall–Kier alpha value is -2.58. The van der Waals surface area contributed by atoms with Gasteiger partial charge in [-0.1, -0.05) is 23.0 Å². The summed E-state index contributed by atoms with van der Waals surface area (Å²) in [6.45, 7) is 3.57. The topological polar surface area (TPSA) is 88.8 Å². The molecule has 0 spiro atoms. The van der Waals surface area contributed by atoms with E-state index in [1.165, 1.54) is 23.6 Å². The van der Waals surface area contributed by atoms with E-state index in [1.54, 1.807) is 18.7 Å². The second-order valence-corrected chi connectivity index (χ2v) is 8.92. The second kappa shape index (κ2) is 10.6. The molecule has 1 saturated carbocycles. The summed E-state index contributed by atoms with van der Waals surface area (Å²) in [6.07, 6.45) is 2.25. The molecule has 1 N–H and O–H groups in total. The molecule has 0 aliphatic heterocycles. The Morgan fingerprint density at radius 2 is 1.77 bits per heavy atom. The van der Waals surface area contributed by atoms with E-state index in [0.29, 0.717) is 12.3 Å². The highest BCUT2D eigenvalue weighted by atomic mass is 32.2. The van der Waals surface area contributed by atoms with Crippen molar-refractivity contribution in [1.82, 2.24) is 4.98 Å². The van der Waals surface area contributed by atoms with Crippen LogP contribution in [0.25, 0.3) is 0 Å². The van der Waals surface area contributed by atoms with E-state index in [0.717, 1.165) is 9.92 Å². The van der Waals surface area contributed by atoms with E-state index >= 15 is 0 Å². The number of rotatable bonds is 7. The molecule has 1 aromatic carbocycles. The maximum absolute atomic E-state index is 12.7. The zero-order valence-corrected chi connectivity index (χ0v) is 19.3. The van der Waals surface area contributed by atoms with Crippen LogP contribution in [-0.4, -0.2) is 40.2 Å². The Labute approximate surface area is 190 Å². The van der Waals surface area contributed by atoms with Gasteiger partial charge in [-0.2, -0.15) is 0 Å². The minimum atomic E-state index is -0.409. The Balaban J connectivity index is 1.77. The Kier molecular flexibility index (Phi) is 7.92. The Morgan fingerprint density at radius 1 is 1.13 bits per heavy atom. The van der Waals surface area contributed by atoms with Crippen LogP contribution in [0, 0.1) is 0 Å². The number of ketones is 2. The van der Waals surface area contributed by atoms with Crippen LogP contribution in [0.1, 0.15) is 38.3 Å². The van der Waals surface area contributed by atoms with Crippen molar-refractivity contribution in [3.05, 3.63) is 59.5 Å². The lowest BCUT2D eigenvalue weighted by Gasteiger charge is -2.22. The summed E-state index contributed by atoms with van der Waals surface area (Å²) < 4.78 is 0. The van der Waals surface area contributed by atoms with Gasteiger partial charge in [0.2, 0.25) is 0 Å². The highest BCUT2D eigenvalue weighted by Crippen LogP contribution is 2.34. The van der Waals surface area contributed by atoms with E-state index in [4.69, 9.17) is 4.84 Å². The molecular weight excluding hydrogens is 432 g/mol. The van der Waals surface area contributed by atoms with E-state index < -0.39 is 17.3 Å². The molecule has 0 atom stereocenters. The molecule has 1 heterocycles. The molecule has 0 amide bonds. The quantitative estimate of drug-likeness (QED) is 0.153. The van der Waals surface area contributed by atoms with E-state index in [9.17, 15) is 14.7 Å². The van der Waals surface area contributed by atoms with Gasteiger partial charge in [-0.05, 0) is 56.5 Å². The average molecular weight is 457 g/mol. The third-order valence-corrected chi connectivity index (χ3v) is 6.46. The monoisotopic (exact) mass is 456 g/mol. The van der Waals surface area contributed by atoms with Gasteiger partial charge >= 0.3 is 0 Å². The summed E-state index contributed by atoms with van der Waals surface area (Å²) in [5.74, 6) is -1.54. The maximum Gasteiger partial charge on any atom is 0.170 e. The van der Waals surface area contributed by atoms with Crippen molar-refractivity contribution in [2.45, 2.75) is 47.4 Å². The molecule has 0 bridgehead atoms. The van der Waals surface area contributed by atoms with Gasteiger partial charge in [0.25, 0.3) is 0 Å². The SMILES string of the molecule is CCON=C(C)C(O)=C1C(=O)CC(c2cccc(Sc3ccc(SC)cc3)n2)CC1=O. The van der Waals surface area contributed by atoms with Gasteiger partial charge in [0.1, 0.15) is 22.9 Å². The first-order valence-corrected chi connectivity index (χ1v) is 11.9. The number of thioether (sulfide) groups is 1. The summed E-state index contributed by atoms with van der Waals surface area (Å²) in [7, 11) is 0. The average Bonchev–Trinajstić information content (AvgIpc) is 2.77. The summed E-state index contributed by atoms with van der Waals surface area (Å²) in [5.41, 5.74) is 0.614. The van der Waals surface area contributed by atoms with Crippen molar-refractivity contribution in [3.8, 4) is 0 Å². The molecule has 1 aromatic heterocycles. The number of aromatic nitrogens is 1. The van der Waals surface area contributed by atoms with Gasteiger partial charge in [-0.15, -0.1) is 11.8 Å². The van der Waals surface area contributed by atoms with Crippen LogP contribution in [0.15, 0.2) is 73.8 Å². The van der Waals surface area contributed by atoms with Gasteiger partial charge in [0, 0.05) is 34.2 Å². The largest absolute Gasteiger partial charge is 0.505 e. The predicted molar refractivity (Wildman–Crippen MR) is 123 cm³/mol. The number of carbonyl (C=O) groups excluding carboxylic acids is 2. The van der Waals surface area contributed by atoms with Crippen LogP contribution in [0.2, 0.25) is 0 Å². The molecule has 1 aliphatic carbocycles. The van der Waals surface area contributed by atoms with Crippen molar-refractivity contribution in [3.63, 3.8) is 0 Å². The maximum atomic E-state index is 12.7. The molecule has 0 unspecified atom stereocenters. The number of aliphatic hydroxyl groups excluding tert-OH is 1. The molecule has 8 heteroatoms. The number of carbonyl (C=O) groups is 2. The van der Waals surface area contributed by atoms with Crippen molar-refractivity contribution in [2.75, 3.05) is 12.9 Å². The first kappa shape index (κ1) is 23.1. The fourth-order valence-corrected chi connectivity index (χ4v) is 4.44. The molecule has 1 fully saturated rings. The normalized spacial score (nSPS) is 17.1. The fourth-order valence-electron chi connectivity index (χ4n) is 3.22. The van der Waals surface area contributed by atoms with Crippen LogP contribution in [0.3, 0.4) is 0 Å². The number of pyridine rings is 1. The van der Waals surface area contributed by atoms with E-state index in [-0.39, 0.29) is 30.0 Å². The molecule has 1 aliphatic rings. The molecule has 3 rings (SSSR count). The lowest BCUT2D eigenvalue weighted by atomic mass is 9.81. The summed E-state index contributed by atoms with van der Waals surface area (Å²) in [4.78, 5) is 37.2. The molecule has 162 valence electrons. The lowest BCUT2D eigenvalue weighted by molar-refractivity contribution is -0.124. The van der Waals surface area contributed by atoms with Gasteiger partial charge in [-0.25, -0.2) is 4.98 Å². The predicted octanol–water partition coefficient (Wildman–Crippen LogP) is 5.19. The molecule has 31 heavy (non-hydrogen) atoms. The minimum Gasteiger partial charge on any atom is -0.505 e. The number of Topliss-reactive ketones (excluding diaryl/α,β-unsaturated/α-hetero) is 2. The second-order valence-electron chi connectivity index (χ2n) is 6.95. The number of nitrogens with zero attached hydrogens (tertiary/aromatic N) is 2. The van der Waals surface area contributed by atoms with Crippen LogP contribution >= 0.6 is 23.5 Å². The van der Waals surface area contributed by atoms with E-state index in [2.05, 4.69) is 22.3 Å². The summed E-state index contributed by atoms with van der Waals surface area (Å²) >= 11 is 3.22. The van der Waals surface area contributed by atoms with Gasteiger partial charge < -0.3 is 9.94 Å². The molecule has 2 aromatic rings. The third kappa shape index (κ3) is 5.77. The summed E-state index contributed by atoms with van der Waals surface area (Å²) in [5, 5.41) is 14.8. The fraction of sp³-hybridized carbons (Fsp3) is 0.304. The smallest absolute Gasteiger partial charge is 0.170 e. The van der Waals surface area contributed by atoms with Gasteiger partial charge in [0.05, 0.1) is 0 Å². The number of benzene rings is 1. The zero-order chi connectivity index (χ0) is 22.4. The number of oxime groups is 1. The molecule has 0 saturated heterocycles. The lowest BCUT2D eigenvalue weighted by Crippen LogP contribution is -2.28. The third-order valence-electron chi connectivity index (χ3n) is 4.78. The first-order valence-electron chi connectivity index (χ1n) is 9.88. The van der Waals surface area contributed by atoms with Crippen molar-refractivity contribution >= 4 is 40.8 Å². The van der Waals surface area contributed by atoms with Crippen LogP contribution < -0.4 is 0 Å². The highest BCUT2D eigenvalue weighted by Gasteiger charge is 2.35. The number of allylic oxidation sites excluding steroid dienone is 2. The number of hydrogen-bond donors (Lipinski definition) is 1. The first-order chi connectivity index (χ1) is 14.9. The summed E-state index contributed by atoms with van der Waals surface area (Å²) in [6, 6.07) is 13.8. The minimum absolute atomic E-state index is 0.108. The van der Waals surface area contributed by atoms with Gasteiger partial charge in [-0.3, -0.25) is 9.59 Å². The highest BCUT2D eigenvalue weighted by molar-refractivity contribution is 7.99. The van der Waals surface area contributed by atoms with Crippen LogP contribution in [-0.2, 0) is 14.4 Å². The number of aliphatic hydroxyl groups is 1. The van der Waals surface area contributed by atoms with Crippen molar-refractivity contribution < 1.29 is 19.5 Å². The van der Waals surface area contributed by atoms with Gasteiger partial charge in [0.15, 0.2) is 17.3 Å². The zero-order valence-electron chi connectivity index (χ0n) is 17.6. The van der Waals surface area contributed by atoms with Crippen LogP contribution in [0.5, 0.6) is 0 Å². The van der Waals surface area contributed by atoms with Crippen molar-refractivity contribution in [2.24, 2.45) is 5.16 Å². The number of hydrogen-bond acceptors (Lipinski definition) is 8. The Bertz CT molecular complexity index is 1010. The van der Waals surface area contributed by atoms with Crippen molar-refractivity contribution in [1.29, 1.82) is 0 Å². The van der Waals surface area contributed by atoms with E-state index in [1.807, 2.05) is 36.6 Å². The Morgan fingerprint density at radius 3 is 2.39 bits per heavy atom.